The molecular formula is C16H24BrN3OS. The van der Waals surface area contributed by atoms with Gasteiger partial charge in [0.05, 0.1) is 10.3 Å². The fourth-order valence-corrected chi connectivity index (χ4v) is 4.72. The minimum Gasteiger partial charge on any atom is -0.342 e. The first-order valence-electron chi connectivity index (χ1n) is 8.17. The second-order valence-corrected chi connectivity index (χ2v) is 8.75. The summed E-state index contributed by atoms with van der Waals surface area (Å²) >= 11 is 5.33. The molecule has 0 N–H and O–H groups in total. The van der Waals surface area contributed by atoms with Crippen LogP contribution in [0.4, 0.5) is 0 Å². The van der Waals surface area contributed by atoms with Crippen LogP contribution in [-0.4, -0.2) is 66.4 Å². The number of piperazine rings is 1. The summed E-state index contributed by atoms with van der Waals surface area (Å²) < 4.78 is 1.20. The number of nitrogens with zero attached hydrogens (tertiary/aromatic N) is 3. The fourth-order valence-electron chi connectivity index (χ4n) is 3.20. The number of thiophene rings is 1. The summed E-state index contributed by atoms with van der Waals surface area (Å²) in [6.45, 7) is 7.70. The lowest BCUT2D eigenvalue weighted by atomic mass is 10.1. The molecule has 0 spiro atoms. The maximum atomic E-state index is 12.3. The van der Waals surface area contributed by atoms with Crippen molar-refractivity contribution in [1.82, 2.24) is 14.7 Å². The molecule has 122 valence electrons. The normalized spacial score (nSPS) is 21.2. The van der Waals surface area contributed by atoms with Gasteiger partial charge in [-0.05, 0) is 47.3 Å². The average Bonchev–Trinajstić information content (AvgIpc) is 2.95. The standard InChI is InChI=1S/C16H24BrN3OS/c17-15-5-4-14(22-15)12-18-8-10-19(11-9-18)13-16(21)20-6-2-1-3-7-20/h4-5H,1-3,6-13H2. The minimum atomic E-state index is 0.329. The van der Waals surface area contributed by atoms with E-state index in [1.807, 2.05) is 11.3 Å². The van der Waals surface area contributed by atoms with Crippen LogP contribution >= 0.6 is 27.3 Å². The van der Waals surface area contributed by atoms with E-state index in [1.165, 1.54) is 27.9 Å². The SMILES string of the molecule is O=C(CN1CCN(Cc2ccc(Br)s2)CC1)N1CCCCC1. The van der Waals surface area contributed by atoms with E-state index >= 15 is 0 Å². The van der Waals surface area contributed by atoms with Crippen molar-refractivity contribution in [2.45, 2.75) is 25.8 Å². The molecule has 0 atom stereocenters. The number of halogens is 1. The summed E-state index contributed by atoms with van der Waals surface area (Å²) in [4.78, 5) is 20.6. The van der Waals surface area contributed by atoms with Gasteiger partial charge in [-0.3, -0.25) is 14.6 Å². The Morgan fingerprint density at radius 2 is 1.68 bits per heavy atom. The summed E-state index contributed by atoms with van der Waals surface area (Å²) in [6, 6.07) is 4.31. The van der Waals surface area contributed by atoms with Gasteiger partial charge in [0.25, 0.3) is 0 Å². The van der Waals surface area contributed by atoms with Crippen molar-refractivity contribution in [3.63, 3.8) is 0 Å². The first kappa shape index (κ1) is 16.4. The van der Waals surface area contributed by atoms with E-state index in [-0.39, 0.29) is 0 Å². The number of rotatable bonds is 4. The number of amides is 1. The van der Waals surface area contributed by atoms with Crippen molar-refractivity contribution in [1.29, 1.82) is 0 Å². The van der Waals surface area contributed by atoms with Gasteiger partial charge >= 0.3 is 0 Å². The van der Waals surface area contributed by atoms with Gasteiger partial charge in [0.1, 0.15) is 0 Å². The van der Waals surface area contributed by atoms with E-state index in [9.17, 15) is 4.79 Å². The molecule has 0 aliphatic carbocycles. The van der Waals surface area contributed by atoms with Crippen LogP contribution < -0.4 is 0 Å². The van der Waals surface area contributed by atoms with E-state index < -0.39 is 0 Å². The lowest BCUT2D eigenvalue weighted by Gasteiger charge is -2.35. The molecule has 1 aromatic heterocycles. The topological polar surface area (TPSA) is 26.8 Å². The first-order valence-corrected chi connectivity index (χ1v) is 9.78. The first-order chi connectivity index (χ1) is 10.7. The van der Waals surface area contributed by atoms with Crippen LogP contribution in [0.15, 0.2) is 15.9 Å². The van der Waals surface area contributed by atoms with Crippen LogP contribution in [-0.2, 0) is 11.3 Å². The predicted molar refractivity (Wildman–Crippen MR) is 94.2 cm³/mol. The van der Waals surface area contributed by atoms with Crippen molar-refractivity contribution in [3.05, 3.63) is 20.8 Å². The van der Waals surface area contributed by atoms with Gasteiger partial charge in [0.15, 0.2) is 0 Å². The number of piperidine rings is 1. The Labute approximate surface area is 145 Å². The maximum absolute atomic E-state index is 12.3. The fraction of sp³-hybridized carbons (Fsp3) is 0.688. The van der Waals surface area contributed by atoms with Gasteiger partial charge < -0.3 is 4.90 Å². The Bertz CT molecular complexity index is 493. The number of carbonyl (C=O) groups is 1. The molecule has 3 heterocycles. The zero-order valence-electron chi connectivity index (χ0n) is 13.0. The highest BCUT2D eigenvalue weighted by atomic mass is 79.9. The molecule has 2 aliphatic heterocycles. The number of carbonyl (C=O) groups excluding carboxylic acids is 1. The molecule has 2 aliphatic rings. The third-order valence-corrected chi connectivity index (χ3v) is 6.15. The minimum absolute atomic E-state index is 0.329. The molecule has 6 heteroatoms. The molecule has 0 saturated carbocycles. The van der Waals surface area contributed by atoms with Crippen LogP contribution in [0, 0.1) is 0 Å². The number of likely N-dealkylation sites (tertiary alicyclic amines) is 1. The van der Waals surface area contributed by atoms with Gasteiger partial charge in [0.2, 0.25) is 5.91 Å². The van der Waals surface area contributed by atoms with E-state index in [0.717, 1.165) is 45.8 Å². The lowest BCUT2D eigenvalue weighted by molar-refractivity contribution is -0.133. The van der Waals surface area contributed by atoms with Crippen LogP contribution in [0.3, 0.4) is 0 Å². The van der Waals surface area contributed by atoms with E-state index in [2.05, 4.69) is 42.8 Å². The van der Waals surface area contributed by atoms with Crippen molar-refractivity contribution < 1.29 is 4.79 Å². The predicted octanol–water partition coefficient (Wildman–Crippen LogP) is 2.64. The summed E-state index contributed by atoms with van der Waals surface area (Å²) in [7, 11) is 0. The zero-order valence-corrected chi connectivity index (χ0v) is 15.4. The molecule has 1 aromatic rings. The Balaban J connectivity index is 1.40. The van der Waals surface area contributed by atoms with E-state index in [1.54, 1.807) is 0 Å². The summed E-state index contributed by atoms with van der Waals surface area (Å²) in [5.74, 6) is 0.329. The van der Waals surface area contributed by atoms with Crippen molar-refractivity contribution in [2.75, 3.05) is 45.8 Å². The Morgan fingerprint density at radius 1 is 1.00 bits per heavy atom. The second-order valence-electron chi connectivity index (χ2n) is 6.20. The maximum Gasteiger partial charge on any atom is 0.236 e. The number of hydrogen-bond acceptors (Lipinski definition) is 4. The molecule has 0 unspecified atom stereocenters. The second kappa shape index (κ2) is 7.90. The molecule has 0 aromatic carbocycles. The molecule has 2 saturated heterocycles. The molecule has 4 nitrogen and oxygen atoms in total. The molecule has 0 radical (unpaired) electrons. The summed E-state index contributed by atoms with van der Waals surface area (Å²) in [5.41, 5.74) is 0. The Kier molecular flexibility index (Phi) is 5.90. The van der Waals surface area contributed by atoms with Crippen LogP contribution in [0.5, 0.6) is 0 Å². The summed E-state index contributed by atoms with van der Waals surface area (Å²) in [5, 5.41) is 0. The highest BCUT2D eigenvalue weighted by Crippen LogP contribution is 2.23. The summed E-state index contributed by atoms with van der Waals surface area (Å²) in [6.07, 6.45) is 3.63. The third-order valence-electron chi connectivity index (χ3n) is 4.54. The number of hydrogen-bond donors (Lipinski definition) is 0. The highest BCUT2D eigenvalue weighted by Gasteiger charge is 2.22. The molecule has 3 rings (SSSR count). The van der Waals surface area contributed by atoms with Gasteiger partial charge in [0, 0.05) is 50.7 Å². The third kappa shape index (κ3) is 4.54. The zero-order chi connectivity index (χ0) is 15.4. The van der Waals surface area contributed by atoms with Crippen molar-refractivity contribution in [3.8, 4) is 0 Å². The molecule has 22 heavy (non-hydrogen) atoms. The Hall–Kier alpha value is -0.430. The van der Waals surface area contributed by atoms with Gasteiger partial charge in [-0.25, -0.2) is 0 Å². The monoisotopic (exact) mass is 385 g/mol. The van der Waals surface area contributed by atoms with Gasteiger partial charge in [-0.1, -0.05) is 0 Å². The van der Waals surface area contributed by atoms with Crippen LogP contribution in [0.2, 0.25) is 0 Å². The van der Waals surface area contributed by atoms with Crippen molar-refractivity contribution in [2.24, 2.45) is 0 Å². The van der Waals surface area contributed by atoms with Crippen LogP contribution in [0.25, 0.3) is 0 Å². The lowest BCUT2D eigenvalue weighted by Crippen LogP contribution is -2.50. The molecular weight excluding hydrogens is 362 g/mol. The largest absolute Gasteiger partial charge is 0.342 e. The van der Waals surface area contributed by atoms with E-state index in [0.29, 0.717) is 12.5 Å². The Morgan fingerprint density at radius 3 is 2.32 bits per heavy atom. The molecule has 0 bridgehead atoms. The smallest absolute Gasteiger partial charge is 0.236 e. The highest BCUT2D eigenvalue weighted by molar-refractivity contribution is 9.11. The van der Waals surface area contributed by atoms with Gasteiger partial charge in [-0.2, -0.15) is 0 Å². The average molecular weight is 386 g/mol. The van der Waals surface area contributed by atoms with E-state index in [4.69, 9.17) is 0 Å². The molecule has 2 fully saturated rings. The quantitative estimate of drug-likeness (QED) is 0.796. The molecule has 1 amide bonds. The van der Waals surface area contributed by atoms with Crippen LogP contribution in [0.1, 0.15) is 24.1 Å². The van der Waals surface area contributed by atoms with Crippen molar-refractivity contribution >= 4 is 33.2 Å². The van der Waals surface area contributed by atoms with Gasteiger partial charge in [-0.15, -0.1) is 11.3 Å².